The van der Waals surface area contributed by atoms with E-state index in [1.54, 1.807) is 0 Å². The third-order valence-corrected chi connectivity index (χ3v) is 1.84. The van der Waals surface area contributed by atoms with E-state index < -0.39 is 0 Å². The van der Waals surface area contributed by atoms with Crippen molar-refractivity contribution in [2.75, 3.05) is 5.75 Å². The summed E-state index contributed by atoms with van der Waals surface area (Å²) in [5.74, 6) is 0.874. The molecule has 9 heavy (non-hydrogen) atoms. The Kier molecular flexibility index (Phi) is 2.39. The molecule has 1 fully saturated rings. The zero-order chi connectivity index (χ0) is 6.69. The van der Waals surface area contributed by atoms with Crippen molar-refractivity contribution in [2.24, 2.45) is 0 Å². The van der Waals surface area contributed by atoms with E-state index in [9.17, 15) is 4.79 Å². The second kappa shape index (κ2) is 3.11. The van der Waals surface area contributed by atoms with Crippen LogP contribution in [0.4, 0.5) is 4.79 Å². The lowest BCUT2D eigenvalue weighted by atomic mass is 10.7. The lowest BCUT2D eigenvalue weighted by molar-refractivity contribution is 0.260. The summed E-state index contributed by atoms with van der Waals surface area (Å²) in [5, 5.41) is 3.02. The zero-order valence-electron chi connectivity index (χ0n) is 5.52. The van der Waals surface area contributed by atoms with Crippen LogP contribution in [0.3, 0.4) is 0 Å². The Hall–Kier alpha value is -0.180. The second-order valence-electron chi connectivity index (χ2n) is 2.14. The molecule has 2 nitrogen and oxygen atoms in total. The van der Waals surface area contributed by atoms with Crippen LogP contribution in [0.15, 0.2) is 0 Å². The number of carbonyl (C=O) groups excluding carboxylic acids is 1. The fourth-order valence-corrected chi connectivity index (χ4v) is 1.08. The predicted octanol–water partition coefficient (Wildman–Crippen LogP) is 1.61. The Balaban J connectivity index is 2.02. The highest BCUT2D eigenvalue weighted by Crippen LogP contribution is 2.19. The van der Waals surface area contributed by atoms with E-state index in [1.165, 1.54) is 24.6 Å². The minimum atomic E-state index is 0.139. The van der Waals surface area contributed by atoms with E-state index in [1.807, 2.05) is 6.92 Å². The lowest BCUT2D eigenvalue weighted by Gasteiger charge is -1.97. The van der Waals surface area contributed by atoms with Crippen molar-refractivity contribution in [1.82, 2.24) is 5.32 Å². The van der Waals surface area contributed by atoms with Gasteiger partial charge in [-0.25, -0.2) is 0 Å². The molecule has 52 valence electrons. The van der Waals surface area contributed by atoms with Gasteiger partial charge in [0.05, 0.1) is 0 Å². The van der Waals surface area contributed by atoms with Gasteiger partial charge < -0.3 is 5.32 Å². The minimum absolute atomic E-state index is 0.139. The summed E-state index contributed by atoms with van der Waals surface area (Å²) in [5.41, 5.74) is 0. The molecular formula is C6H11NOS. The molecule has 1 aliphatic carbocycles. The summed E-state index contributed by atoms with van der Waals surface area (Å²) in [6.45, 7) is 1.98. The molecule has 0 atom stereocenters. The average Bonchev–Trinajstić information content (AvgIpc) is 2.50. The monoisotopic (exact) mass is 145 g/mol. The first-order valence-corrected chi connectivity index (χ1v) is 4.24. The van der Waals surface area contributed by atoms with Gasteiger partial charge >= 0.3 is 0 Å². The first kappa shape index (κ1) is 6.93. The van der Waals surface area contributed by atoms with E-state index in [2.05, 4.69) is 5.32 Å². The van der Waals surface area contributed by atoms with Gasteiger partial charge in [-0.2, -0.15) is 0 Å². The maximum absolute atomic E-state index is 10.7. The number of amides is 1. The lowest BCUT2D eigenvalue weighted by Crippen LogP contribution is -2.20. The highest BCUT2D eigenvalue weighted by molar-refractivity contribution is 8.13. The van der Waals surface area contributed by atoms with E-state index in [4.69, 9.17) is 0 Å². The van der Waals surface area contributed by atoms with Crippen molar-refractivity contribution >= 4 is 17.0 Å². The van der Waals surface area contributed by atoms with Crippen LogP contribution in [0.5, 0.6) is 0 Å². The van der Waals surface area contributed by atoms with Gasteiger partial charge in [0.15, 0.2) is 0 Å². The molecule has 0 aromatic carbocycles. The highest BCUT2D eigenvalue weighted by Gasteiger charge is 2.22. The predicted molar refractivity (Wildman–Crippen MR) is 39.7 cm³/mol. The summed E-state index contributed by atoms with van der Waals surface area (Å²) in [7, 11) is 0. The van der Waals surface area contributed by atoms with E-state index >= 15 is 0 Å². The van der Waals surface area contributed by atoms with Gasteiger partial charge in [-0.15, -0.1) is 0 Å². The maximum atomic E-state index is 10.7. The molecule has 0 bridgehead atoms. The first-order valence-electron chi connectivity index (χ1n) is 3.26. The van der Waals surface area contributed by atoms with Crippen molar-refractivity contribution in [2.45, 2.75) is 25.8 Å². The van der Waals surface area contributed by atoms with Crippen LogP contribution in [-0.2, 0) is 0 Å². The third-order valence-electron chi connectivity index (χ3n) is 1.17. The minimum Gasteiger partial charge on any atom is -0.344 e. The van der Waals surface area contributed by atoms with Crippen molar-refractivity contribution in [3.8, 4) is 0 Å². The summed E-state index contributed by atoms with van der Waals surface area (Å²) >= 11 is 1.35. The maximum Gasteiger partial charge on any atom is 0.279 e. The molecular weight excluding hydrogens is 134 g/mol. The van der Waals surface area contributed by atoms with Gasteiger partial charge in [-0.05, 0) is 18.6 Å². The normalized spacial score (nSPS) is 17.4. The molecule has 1 saturated carbocycles. The van der Waals surface area contributed by atoms with E-state index in [0.717, 1.165) is 5.75 Å². The number of rotatable bonds is 2. The molecule has 0 saturated heterocycles. The largest absolute Gasteiger partial charge is 0.344 e. The summed E-state index contributed by atoms with van der Waals surface area (Å²) in [6.07, 6.45) is 2.35. The average molecular weight is 145 g/mol. The Morgan fingerprint density at radius 3 is 2.89 bits per heavy atom. The fourth-order valence-electron chi connectivity index (χ4n) is 0.567. The van der Waals surface area contributed by atoms with Crippen LogP contribution < -0.4 is 5.32 Å². The highest BCUT2D eigenvalue weighted by atomic mass is 32.2. The molecule has 0 spiro atoms. The Morgan fingerprint density at radius 1 is 1.78 bits per heavy atom. The van der Waals surface area contributed by atoms with Crippen LogP contribution in [0.2, 0.25) is 0 Å². The summed E-state index contributed by atoms with van der Waals surface area (Å²) < 4.78 is 0. The van der Waals surface area contributed by atoms with Gasteiger partial charge in [0, 0.05) is 6.04 Å². The summed E-state index contributed by atoms with van der Waals surface area (Å²) in [6, 6.07) is 0.511. The molecule has 0 unspecified atom stereocenters. The molecule has 0 aliphatic heterocycles. The van der Waals surface area contributed by atoms with Gasteiger partial charge in [0.1, 0.15) is 0 Å². The van der Waals surface area contributed by atoms with Crippen LogP contribution in [0, 0.1) is 0 Å². The molecule has 1 aliphatic rings. The van der Waals surface area contributed by atoms with Crippen molar-refractivity contribution < 1.29 is 4.79 Å². The standard InChI is InChI=1S/C6H11NOS/c1-2-9-6(8)7-5-3-4-5/h5H,2-4H2,1H3,(H,7,8). The Morgan fingerprint density at radius 2 is 2.44 bits per heavy atom. The van der Waals surface area contributed by atoms with Crippen molar-refractivity contribution in [3.05, 3.63) is 0 Å². The van der Waals surface area contributed by atoms with Crippen LogP contribution in [0.25, 0.3) is 0 Å². The second-order valence-corrected chi connectivity index (χ2v) is 3.38. The number of carbonyl (C=O) groups is 1. The molecule has 0 heterocycles. The SMILES string of the molecule is CCSC(=O)NC1CC1. The third kappa shape index (κ3) is 2.75. The Bertz CT molecular complexity index is 112. The Labute approximate surface area is 59.4 Å². The van der Waals surface area contributed by atoms with Gasteiger partial charge in [-0.1, -0.05) is 18.7 Å². The van der Waals surface area contributed by atoms with Crippen molar-refractivity contribution in [1.29, 1.82) is 0 Å². The molecule has 1 N–H and O–H groups in total. The number of hydrogen-bond donors (Lipinski definition) is 1. The smallest absolute Gasteiger partial charge is 0.279 e. The fraction of sp³-hybridized carbons (Fsp3) is 0.833. The number of hydrogen-bond acceptors (Lipinski definition) is 2. The van der Waals surface area contributed by atoms with Crippen LogP contribution in [-0.4, -0.2) is 17.0 Å². The van der Waals surface area contributed by atoms with Crippen LogP contribution >= 0.6 is 11.8 Å². The molecule has 3 heteroatoms. The molecule has 0 radical (unpaired) electrons. The van der Waals surface area contributed by atoms with Crippen LogP contribution in [0.1, 0.15) is 19.8 Å². The number of thioether (sulfide) groups is 1. The van der Waals surface area contributed by atoms with Gasteiger partial charge in [0.2, 0.25) is 0 Å². The zero-order valence-corrected chi connectivity index (χ0v) is 6.33. The first-order chi connectivity index (χ1) is 4.33. The molecule has 0 aromatic heterocycles. The molecule has 1 rings (SSSR count). The quantitative estimate of drug-likeness (QED) is 0.639. The summed E-state index contributed by atoms with van der Waals surface area (Å²) in [4.78, 5) is 10.7. The van der Waals surface area contributed by atoms with E-state index in [0.29, 0.717) is 6.04 Å². The van der Waals surface area contributed by atoms with Crippen molar-refractivity contribution in [3.63, 3.8) is 0 Å². The van der Waals surface area contributed by atoms with Gasteiger partial charge in [-0.3, -0.25) is 4.79 Å². The van der Waals surface area contributed by atoms with E-state index in [-0.39, 0.29) is 5.24 Å². The molecule has 0 aromatic rings. The molecule has 1 amide bonds. The van der Waals surface area contributed by atoms with Gasteiger partial charge in [0.25, 0.3) is 5.24 Å². The number of nitrogens with one attached hydrogen (secondary N) is 1. The topological polar surface area (TPSA) is 29.1 Å².